The molecule has 2 aromatic carbocycles. The van der Waals surface area contributed by atoms with E-state index in [1.54, 1.807) is 0 Å². The lowest BCUT2D eigenvalue weighted by Crippen LogP contribution is -2.38. The zero-order chi connectivity index (χ0) is 19.9. The first-order chi connectivity index (χ1) is 14.3. The monoisotopic (exact) mass is 408 g/mol. The van der Waals surface area contributed by atoms with Crippen LogP contribution >= 0.6 is 11.5 Å². The number of para-hydroxylation sites is 1. The summed E-state index contributed by atoms with van der Waals surface area (Å²) in [5.74, 6) is 1.60. The molecule has 0 saturated carbocycles. The molecule has 0 N–H and O–H groups in total. The third kappa shape index (κ3) is 5.32. The van der Waals surface area contributed by atoms with Crippen LogP contribution in [0.1, 0.15) is 17.8 Å². The lowest BCUT2D eigenvalue weighted by Gasteiger charge is -2.21. The van der Waals surface area contributed by atoms with Crippen LogP contribution in [0, 0.1) is 0 Å². The molecule has 1 saturated heterocycles. The minimum Gasteiger partial charge on any atom is -0.484 e. The van der Waals surface area contributed by atoms with Gasteiger partial charge in [-0.2, -0.15) is 4.37 Å². The number of nitrogens with zero attached hydrogens (tertiary/aromatic N) is 4. The van der Waals surface area contributed by atoms with Gasteiger partial charge in [0.1, 0.15) is 11.6 Å². The molecule has 0 atom stereocenters. The molecule has 1 aromatic heterocycles. The first-order valence-corrected chi connectivity index (χ1v) is 10.6. The summed E-state index contributed by atoms with van der Waals surface area (Å²) in [6.45, 7) is 3.12. The molecule has 1 amide bonds. The summed E-state index contributed by atoms with van der Waals surface area (Å²) in [4.78, 5) is 21.4. The Kier molecular flexibility index (Phi) is 6.36. The normalized spacial score (nSPS) is 14.5. The summed E-state index contributed by atoms with van der Waals surface area (Å²) in [5, 5.41) is 0.936. The number of carbonyl (C=O) groups excluding carboxylic acids is 1. The van der Waals surface area contributed by atoms with E-state index >= 15 is 0 Å². The minimum absolute atomic E-state index is 0.0257. The second-order valence-electron chi connectivity index (χ2n) is 6.98. The molecule has 0 unspecified atom stereocenters. The molecule has 6 nitrogen and oxygen atoms in total. The van der Waals surface area contributed by atoms with Crippen LogP contribution in [0.5, 0.6) is 5.75 Å². The number of hydrogen-bond donors (Lipinski definition) is 0. The third-order valence-electron chi connectivity index (χ3n) is 4.89. The van der Waals surface area contributed by atoms with Gasteiger partial charge in [0, 0.05) is 44.1 Å². The van der Waals surface area contributed by atoms with Gasteiger partial charge in [0.05, 0.1) is 0 Å². The maximum absolute atomic E-state index is 12.5. The fraction of sp³-hybridized carbons (Fsp3) is 0.318. The number of amides is 1. The molecule has 0 aliphatic carbocycles. The molecule has 150 valence electrons. The van der Waals surface area contributed by atoms with Crippen LogP contribution in [-0.4, -0.2) is 53.0 Å². The van der Waals surface area contributed by atoms with Gasteiger partial charge >= 0.3 is 0 Å². The fourth-order valence-electron chi connectivity index (χ4n) is 3.33. The van der Waals surface area contributed by atoms with Gasteiger partial charge in [0.25, 0.3) is 5.91 Å². The van der Waals surface area contributed by atoms with E-state index in [-0.39, 0.29) is 12.5 Å². The highest BCUT2D eigenvalue weighted by molar-refractivity contribution is 7.09. The number of ether oxygens (including phenoxy) is 1. The Balaban J connectivity index is 1.30. The van der Waals surface area contributed by atoms with Crippen molar-refractivity contribution < 1.29 is 9.53 Å². The fourth-order valence-corrected chi connectivity index (χ4v) is 4.07. The predicted octanol–water partition coefficient (Wildman–Crippen LogP) is 3.25. The SMILES string of the molecule is O=C(COc1ccccc1)N1CCCN(c2nc(Cc3ccccc3)ns2)CC1. The van der Waals surface area contributed by atoms with Gasteiger partial charge in [0.2, 0.25) is 5.13 Å². The maximum atomic E-state index is 12.5. The Bertz CT molecular complexity index is 917. The van der Waals surface area contributed by atoms with Gasteiger partial charge in [-0.05, 0) is 24.1 Å². The van der Waals surface area contributed by atoms with Gasteiger partial charge in [-0.3, -0.25) is 4.79 Å². The molecule has 29 heavy (non-hydrogen) atoms. The van der Waals surface area contributed by atoms with E-state index in [4.69, 9.17) is 9.72 Å². The highest BCUT2D eigenvalue weighted by Gasteiger charge is 2.21. The zero-order valence-electron chi connectivity index (χ0n) is 16.2. The van der Waals surface area contributed by atoms with E-state index in [9.17, 15) is 4.79 Å². The van der Waals surface area contributed by atoms with Gasteiger partial charge in [0.15, 0.2) is 6.61 Å². The summed E-state index contributed by atoms with van der Waals surface area (Å²) in [6, 6.07) is 19.7. The highest BCUT2D eigenvalue weighted by Crippen LogP contribution is 2.20. The van der Waals surface area contributed by atoms with Crippen LogP contribution < -0.4 is 9.64 Å². The number of rotatable bonds is 6. The van der Waals surface area contributed by atoms with Crippen LogP contribution in [0.3, 0.4) is 0 Å². The van der Waals surface area contributed by atoms with Crippen LogP contribution in [-0.2, 0) is 11.2 Å². The number of carbonyl (C=O) groups is 1. The van der Waals surface area contributed by atoms with Crippen molar-refractivity contribution in [3.63, 3.8) is 0 Å². The standard InChI is InChI=1S/C22H24N4O2S/c27-21(17-28-19-10-5-2-6-11-19)25-12-7-13-26(15-14-25)22-23-20(24-29-22)16-18-8-3-1-4-9-18/h1-6,8-11H,7,12-17H2. The van der Waals surface area contributed by atoms with Crippen molar-refractivity contribution in [2.24, 2.45) is 0 Å². The first kappa shape index (κ1) is 19.4. The van der Waals surface area contributed by atoms with Crippen LogP contribution in [0.4, 0.5) is 5.13 Å². The van der Waals surface area contributed by atoms with E-state index in [2.05, 4.69) is 21.4 Å². The van der Waals surface area contributed by atoms with Crippen LogP contribution in [0.2, 0.25) is 0 Å². The van der Waals surface area contributed by atoms with E-state index in [0.29, 0.717) is 6.54 Å². The van der Waals surface area contributed by atoms with E-state index < -0.39 is 0 Å². The Hall–Kier alpha value is -2.93. The maximum Gasteiger partial charge on any atom is 0.260 e. The van der Waals surface area contributed by atoms with Gasteiger partial charge in [-0.1, -0.05) is 48.5 Å². The molecule has 1 aliphatic rings. The van der Waals surface area contributed by atoms with Crippen LogP contribution in [0.25, 0.3) is 0 Å². The van der Waals surface area contributed by atoms with Crippen molar-refractivity contribution in [2.75, 3.05) is 37.7 Å². The average Bonchev–Trinajstić information content (AvgIpc) is 3.08. The summed E-state index contributed by atoms with van der Waals surface area (Å²) < 4.78 is 10.1. The van der Waals surface area contributed by atoms with E-state index in [1.165, 1.54) is 17.1 Å². The van der Waals surface area contributed by atoms with Crippen molar-refractivity contribution in [3.05, 3.63) is 72.1 Å². The van der Waals surface area contributed by atoms with Crippen molar-refractivity contribution in [1.29, 1.82) is 0 Å². The second-order valence-corrected chi connectivity index (χ2v) is 7.71. The van der Waals surface area contributed by atoms with Crippen molar-refractivity contribution in [2.45, 2.75) is 12.8 Å². The molecule has 1 aliphatic heterocycles. The lowest BCUT2D eigenvalue weighted by atomic mass is 10.1. The van der Waals surface area contributed by atoms with Crippen molar-refractivity contribution >= 4 is 22.6 Å². The third-order valence-corrected chi connectivity index (χ3v) is 5.70. The molecule has 0 spiro atoms. The smallest absolute Gasteiger partial charge is 0.260 e. The molecular formula is C22H24N4O2S. The van der Waals surface area contributed by atoms with Gasteiger partial charge in [-0.25, -0.2) is 4.98 Å². The molecule has 7 heteroatoms. The Morgan fingerprint density at radius 2 is 1.72 bits per heavy atom. The van der Waals surface area contributed by atoms with Gasteiger partial charge in [-0.15, -0.1) is 0 Å². The average molecular weight is 409 g/mol. The summed E-state index contributed by atoms with van der Waals surface area (Å²) >= 11 is 1.44. The van der Waals surface area contributed by atoms with Crippen molar-refractivity contribution in [3.8, 4) is 5.75 Å². The number of aromatic nitrogens is 2. The molecule has 2 heterocycles. The Morgan fingerprint density at radius 3 is 2.52 bits per heavy atom. The summed E-state index contributed by atoms with van der Waals surface area (Å²) in [5.41, 5.74) is 1.21. The first-order valence-electron chi connectivity index (χ1n) is 9.85. The zero-order valence-corrected chi connectivity index (χ0v) is 17.1. The predicted molar refractivity (Wildman–Crippen MR) is 115 cm³/mol. The number of benzene rings is 2. The molecule has 0 bridgehead atoms. The largest absolute Gasteiger partial charge is 0.484 e. The molecular weight excluding hydrogens is 384 g/mol. The lowest BCUT2D eigenvalue weighted by molar-refractivity contribution is -0.133. The summed E-state index contributed by atoms with van der Waals surface area (Å²) in [6.07, 6.45) is 1.65. The Labute approximate surface area is 174 Å². The molecule has 3 aromatic rings. The topological polar surface area (TPSA) is 58.6 Å². The second kappa shape index (κ2) is 9.52. The molecule has 1 fully saturated rings. The summed E-state index contributed by atoms with van der Waals surface area (Å²) in [7, 11) is 0. The molecule has 4 rings (SSSR count). The Morgan fingerprint density at radius 1 is 0.966 bits per heavy atom. The van der Waals surface area contributed by atoms with Crippen molar-refractivity contribution in [1.82, 2.24) is 14.3 Å². The quantitative estimate of drug-likeness (QED) is 0.627. The van der Waals surface area contributed by atoms with E-state index in [1.807, 2.05) is 53.4 Å². The number of hydrogen-bond acceptors (Lipinski definition) is 6. The van der Waals surface area contributed by atoms with Crippen LogP contribution in [0.15, 0.2) is 60.7 Å². The minimum atomic E-state index is 0.0257. The number of anilines is 1. The van der Waals surface area contributed by atoms with Gasteiger partial charge < -0.3 is 14.5 Å². The molecule has 0 radical (unpaired) electrons. The highest BCUT2D eigenvalue weighted by atomic mass is 32.1. The van der Waals surface area contributed by atoms with E-state index in [0.717, 1.165) is 49.2 Å².